The second kappa shape index (κ2) is 6.17. The number of aryl methyl sites for hydroxylation is 1. The van der Waals surface area contributed by atoms with Crippen LogP contribution in [0.15, 0.2) is 46.0 Å². The Morgan fingerprint density at radius 3 is 2.60 bits per heavy atom. The van der Waals surface area contributed by atoms with Crippen LogP contribution in [0.4, 0.5) is 5.69 Å². The van der Waals surface area contributed by atoms with Gasteiger partial charge >= 0.3 is 0 Å². The highest BCUT2D eigenvalue weighted by Crippen LogP contribution is 2.15. The fourth-order valence-electron chi connectivity index (χ4n) is 1.56. The largest absolute Gasteiger partial charge is 0.325 e. The van der Waals surface area contributed by atoms with Crippen LogP contribution in [0.5, 0.6) is 0 Å². The van der Waals surface area contributed by atoms with Gasteiger partial charge in [-0.2, -0.15) is 0 Å². The number of carbonyl (C=O) groups is 1. The summed E-state index contributed by atoms with van der Waals surface area (Å²) >= 11 is 1.11. The monoisotopic (exact) mass is 310 g/mol. The van der Waals surface area contributed by atoms with E-state index in [0.717, 1.165) is 16.9 Å². The molecule has 0 spiro atoms. The van der Waals surface area contributed by atoms with Gasteiger partial charge in [0, 0.05) is 5.69 Å². The molecule has 1 aromatic carbocycles. The fraction of sp³-hybridized carbons (Fsp3) is 0.154. The Balaban J connectivity index is 1.95. The number of anilines is 1. The molecule has 2 N–H and O–H groups in total. The van der Waals surface area contributed by atoms with Gasteiger partial charge in [-0.05, 0) is 30.0 Å². The lowest BCUT2D eigenvalue weighted by Crippen LogP contribution is -2.32. The van der Waals surface area contributed by atoms with Crippen molar-refractivity contribution in [3.8, 4) is 0 Å². The quantitative estimate of drug-likeness (QED) is 0.886. The van der Waals surface area contributed by atoms with Gasteiger partial charge in [0.05, 0.1) is 6.54 Å². The number of thiophene rings is 1. The number of hydrogen-bond acceptors (Lipinski definition) is 4. The van der Waals surface area contributed by atoms with Crippen molar-refractivity contribution in [3.63, 3.8) is 0 Å². The van der Waals surface area contributed by atoms with Gasteiger partial charge in [0.1, 0.15) is 4.21 Å². The maximum atomic E-state index is 11.8. The normalized spacial score (nSPS) is 11.2. The molecular formula is C13H14N2O3S2. The summed E-state index contributed by atoms with van der Waals surface area (Å²) in [5, 5.41) is 4.33. The molecule has 0 aliphatic rings. The minimum Gasteiger partial charge on any atom is -0.325 e. The first kappa shape index (κ1) is 14.7. The molecule has 0 fully saturated rings. The lowest BCUT2D eigenvalue weighted by molar-refractivity contribution is -0.115. The zero-order valence-electron chi connectivity index (χ0n) is 10.8. The van der Waals surface area contributed by atoms with Crippen LogP contribution in [-0.2, 0) is 14.8 Å². The number of sulfonamides is 1. The van der Waals surface area contributed by atoms with Crippen molar-refractivity contribution in [2.45, 2.75) is 11.1 Å². The molecule has 0 unspecified atom stereocenters. The zero-order valence-corrected chi connectivity index (χ0v) is 12.4. The zero-order chi connectivity index (χ0) is 14.6. The van der Waals surface area contributed by atoms with Gasteiger partial charge in [-0.25, -0.2) is 13.1 Å². The maximum Gasteiger partial charge on any atom is 0.250 e. The van der Waals surface area contributed by atoms with Crippen molar-refractivity contribution in [2.24, 2.45) is 0 Å². The SMILES string of the molecule is Cc1ccccc1NC(=O)CNS(=O)(=O)c1cccs1. The number of carbonyl (C=O) groups excluding carboxylic acids is 1. The van der Waals surface area contributed by atoms with E-state index >= 15 is 0 Å². The molecule has 0 radical (unpaired) electrons. The highest BCUT2D eigenvalue weighted by atomic mass is 32.2. The first-order valence-corrected chi connectivity index (χ1v) is 8.24. The van der Waals surface area contributed by atoms with E-state index in [0.29, 0.717) is 5.69 Å². The van der Waals surface area contributed by atoms with Crippen molar-refractivity contribution in [1.29, 1.82) is 0 Å². The van der Waals surface area contributed by atoms with Gasteiger partial charge in [0.15, 0.2) is 0 Å². The highest BCUT2D eigenvalue weighted by Gasteiger charge is 2.16. The Labute approximate surface area is 121 Å². The van der Waals surface area contributed by atoms with Gasteiger partial charge in [0.25, 0.3) is 10.0 Å². The molecular weight excluding hydrogens is 296 g/mol. The van der Waals surface area contributed by atoms with E-state index in [1.807, 2.05) is 19.1 Å². The van der Waals surface area contributed by atoms with Crippen LogP contribution in [0.2, 0.25) is 0 Å². The molecule has 0 aliphatic carbocycles. The van der Waals surface area contributed by atoms with Crippen molar-refractivity contribution in [3.05, 3.63) is 47.3 Å². The summed E-state index contributed by atoms with van der Waals surface area (Å²) < 4.78 is 26.1. The third-order valence-corrected chi connectivity index (χ3v) is 5.40. The Hall–Kier alpha value is -1.70. The Morgan fingerprint density at radius 2 is 1.95 bits per heavy atom. The summed E-state index contributed by atoms with van der Waals surface area (Å²) in [6.07, 6.45) is 0. The van der Waals surface area contributed by atoms with Crippen molar-refractivity contribution < 1.29 is 13.2 Å². The molecule has 0 bridgehead atoms. The summed E-state index contributed by atoms with van der Waals surface area (Å²) in [6.45, 7) is 1.57. The maximum absolute atomic E-state index is 11.8. The molecule has 0 aliphatic heterocycles. The van der Waals surface area contributed by atoms with Gasteiger partial charge in [-0.15, -0.1) is 11.3 Å². The molecule has 0 saturated heterocycles. The van der Waals surface area contributed by atoms with E-state index in [1.165, 1.54) is 6.07 Å². The third kappa shape index (κ3) is 3.66. The second-order valence-corrected chi connectivity index (χ2v) is 7.06. The van der Waals surface area contributed by atoms with E-state index in [-0.39, 0.29) is 10.8 Å². The molecule has 0 saturated carbocycles. The number of amides is 1. The van der Waals surface area contributed by atoms with Gasteiger partial charge in [-0.3, -0.25) is 4.79 Å². The Bertz CT molecular complexity index is 694. The summed E-state index contributed by atoms with van der Waals surface area (Å²) in [7, 11) is -3.61. The third-order valence-electron chi connectivity index (χ3n) is 2.60. The number of hydrogen-bond donors (Lipinski definition) is 2. The molecule has 2 aromatic rings. The molecule has 1 amide bonds. The minimum absolute atomic E-state index is 0.196. The molecule has 7 heteroatoms. The van der Waals surface area contributed by atoms with E-state index in [2.05, 4.69) is 10.0 Å². The lowest BCUT2D eigenvalue weighted by atomic mass is 10.2. The topological polar surface area (TPSA) is 75.3 Å². The van der Waals surface area contributed by atoms with Crippen LogP contribution in [0.1, 0.15) is 5.56 Å². The van der Waals surface area contributed by atoms with Crippen LogP contribution in [-0.4, -0.2) is 20.9 Å². The first-order valence-electron chi connectivity index (χ1n) is 5.88. The van der Waals surface area contributed by atoms with E-state index in [1.54, 1.807) is 23.6 Å². The average molecular weight is 310 g/mol. The predicted molar refractivity (Wildman–Crippen MR) is 79.3 cm³/mol. The van der Waals surface area contributed by atoms with E-state index in [4.69, 9.17) is 0 Å². The Morgan fingerprint density at radius 1 is 1.20 bits per heavy atom. The smallest absolute Gasteiger partial charge is 0.250 e. The summed E-state index contributed by atoms with van der Waals surface area (Å²) in [5.41, 5.74) is 1.59. The number of benzene rings is 1. The fourth-order valence-corrected chi connectivity index (χ4v) is 3.58. The van der Waals surface area contributed by atoms with Crippen molar-refractivity contribution in [1.82, 2.24) is 4.72 Å². The molecule has 0 atom stereocenters. The molecule has 2 rings (SSSR count). The van der Waals surface area contributed by atoms with Crippen LogP contribution in [0.25, 0.3) is 0 Å². The van der Waals surface area contributed by atoms with Gasteiger partial charge < -0.3 is 5.32 Å². The summed E-state index contributed by atoms with van der Waals surface area (Å²) in [5.74, 6) is -0.403. The lowest BCUT2D eigenvalue weighted by Gasteiger charge is -2.08. The molecule has 5 nitrogen and oxygen atoms in total. The van der Waals surface area contributed by atoms with Crippen molar-refractivity contribution in [2.75, 3.05) is 11.9 Å². The minimum atomic E-state index is -3.61. The Kier molecular flexibility index (Phi) is 4.53. The molecule has 1 aromatic heterocycles. The van der Waals surface area contributed by atoms with Crippen LogP contribution < -0.4 is 10.0 Å². The summed E-state index contributed by atoms with van der Waals surface area (Å²) in [6, 6.07) is 10.4. The van der Waals surface area contributed by atoms with Crippen molar-refractivity contribution >= 4 is 33.0 Å². The molecule has 20 heavy (non-hydrogen) atoms. The second-order valence-electron chi connectivity index (χ2n) is 4.12. The van der Waals surface area contributed by atoms with E-state index < -0.39 is 15.9 Å². The number of nitrogens with one attached hydrogen (secondary N) is 2. The van der Waals surface area contributed by atoms with Crippen LogP contribution in [0, 0.1) is 6.92 Å². The van der Waals surface area contributed by atoms with E-state index in [9.17, 15) is 13.2 Å². The average Bonchev–Trinajstić information content (AvgIpc) is 2.94. The van der Waals surface area contributed by atoms with Crippen LogP contribution >= 0.6 is 11.3 Å². The first-order chi connectivity index (χ1) is 9.49. The number of rotatable bonds is 5. The van der Waals surface area contributed by atoms with Crippen LogP contribution in [0.3, 0.4) is 0 Å². The molecule has 1 heterocycles. The summed E-state index contributed by atoms with van der Waals surface area (Å²) in [4.78, 5) is 11.7. The number of para-hydroxylation sites is 1. The molecule has 106 valence electrons. The standard InChI is InChI=1S/C13H14N2O3S2/c1-10-5-2-3-6-11(10)15-12(16)9-14-20(17,18)13-7-4-8-19-13/h2-8,14H,9H2,1H3,(H,15,16). The predicted octanol–water partition coefficient (Wildman–Crippen LogP) is 1.97. The highest BCUT2D eigenvalue weighted by molar-refractivity contribution is 7.91. The van der Waals surface area contributed by atoms with Gasteiger partial charge in [0.2, 0.25) is 5.91 Å². The van der Waals surface area contributed by atoms with Gasteiger partial charge in [-0.1, -0.05) is 24.3 Å².